The lowest BCUT2D eigenvalue weighted by Gasteiger charge is -2.48. The van der Waals surface area contributed by atoms with Crippen LogP contribution < -0.4 is 10.1 Å². The fraction of sp³-hybridized carbons (Fsp3) is 0.360. The lowest BCUT2D eigenvalue weighted by Crippen LogP contribution is -2.58. The molecule has 6 heteroatoms. The van der Waals surface area contributed by atoms with Crippen molar-refractivity contribution >= 4 is 22.8 Å². The summed E-state index contributed by atoms with van der Waals surface area (Å²) >= 11 is 0. The Labute approximate surface area is 181 Å². The number of para-hydroxylation sites is 1. The first-order chi connectivity index (χ1) is 15.0. The number of nitrogens with zero attached hydrogens (tertiary/aromatic N) is 1. The lowest BCUT2D eigenvalue weighted by atomic mass is 9.76. The average Bonchev–Trinajstić information content (AvgIpc) is 3.33. The number of benzene rings is 2. The topological polar surface area (TPSA) is 71.8 Å². The predicted molar refractivity (Wildman–Crippen MR) is 117 cm³/mol. The fourth-order valence-corrected chi connectivity index (χ4v) is 5.27. The van der Waals surface area contributed by atoms with E-state index in [0.717, 1.165) is 35.1 Å². The highest BCUT2D eigenvalue weighted by molar-refractivity contribution is 5.99. The zero-order valence-corrected chi connectivity index (χ0v) is 17.8. The molecule has 1 aromatic heterocycles. The van der Waals surface area contributed by atoms with Crippen molar-refractivity contribution in [2.75, 3.05) is 13.7 Å². The van der Waals surface area contributed by atoms with Crippen LogP contribution in [0, 0.1) is 6.92 Å². The smallest absolute Gasteiger partial charge is 0.290 e. The molecule has 6 nitrogen and oxygen atoms in total. The number of likely N-dealkylation sites (tertiary alicyclic amines) is 1. The Kier molecular flexibility index (Phi) is 4.73. The summed E-state index contributed by atoms with van der Waals surface area (Å²) in [5.41, 5.74) is 2.10. The molecule has 1 N–H and O–H groups in total. The molecular formula is C25H26N2O4. The molecule has 0 radical (unpaired) electrons. The Morgan fingerprint density at radius 3 is 2.61 bits per heavy atom. The molecule has 3 heterocycles. The normalized spacial score (nSPS) is 23.4. The van der Waals surface area contributed by atoms with Crippen LogP contribution in [0.2, 0.25) is 0 Å². The van der Waals surface area contributed by atoms with Crippen LogP contribution in [0.3, 0.4) is 0 Å². The van der Waals surface area contributed by atoms with Gasteiger partial charge in [0.1, 0.15) is 11.3 Å². The summed E-state index contributed by atoms with van der Waals surface area (Å²) in [5.74, 6) is 1.05. The van der Waals surface area contributed by atoms with Crippen LogP contribution in [0.1, 0.15) is 53.4 Å². The molecule has 2 atom stereocenters. The van der Waals surface area contributed by atoms with E-state index in [1.807, 2.05) is 60.4 Å². The molecule has 160 valence electrons. The van der Waals surface area contributed by atoms with E-state index in [1.165, 1.54) is 0 Å². The van der Waals surface area contributed by atoms with Gasteiger partial charge in [0.25, 0.3) is 5.91 Å². The van der Waals surface area contributed by atoms with Gasteiger partial charge in [-0.3, -0.25) is 9.59 Å². The fourth-order valence-electron chi connectivity index (χ4n) is 5.27. The first kappa shape index (κ1) is 19.7. The van der Waals surface area contributed by atoms with Crippen molar-refractivity contribution in [3.63, 3.8) is 0 Å². The van der Waals surface area contributed by atoms with E-state index in [2.05, 4.69) is 5.32 Å². The van der Waals surface area contributed by atoms with Crippen LogP contribution in [0.25, 0.3) is 11.0 Å². The van der Waals surface area contributed by atoms with Crippen LogP contribution >= 0.6 is 0 Å². The number of nitrogens with one attached hydrogen (secondary N) is 1. The quantitative estimate of drug-likeness (QED) is 0.685. The van der Waals surface area contributed by atoms with Gasteiger partial charge in [0.15, 0.2) is 5.76 Å². The van der Waals surface area contributed by atoms with E-state index in [9.17, 15) is 9.59 Å². The number of furan rings is 1. The summed E-state index contributed by atoms with van der Waals surface area (Å²) in [4.78, 5) is 28.0. The maximum atomic E-state index is 13.8. The van der Waals surface area contributed by atoms with Crippen LogP contribution in [-0.2, 0) is 4.79 Å². The largest absolute Gasteiger partial charge is 0.497 e. The molecule has 0 saturated carbocycles. The minimum Gasteiger partial charge on any atom is -0.497 e. The number of ether oxygens (including phenoxy) is 1. The molecule has 2 amide bonds. The summed E-state index contributed by atoms with van der Waals surface area (Å²) in [7, 11) is 1.63. The van der Waals surface area contributed by atoms with Crippen molar-refractivity contribution in [2.45, 2.75) is 44.2 Å². The molecule has 2 aliphatic heterocycles. The zero-order chi connectivity index (χ0) is 21.6. The summed E-state index contributed by atoms with van der Waals surface area (Å²) in [5, 5.41) is 4.18. The first-order valence-corrected chi connectivity index (χ1v) is 10.8. The number of amides is 2. The Morgan fingerprint density at radius 1 is 1.16 bits per heavy atom. The highest BCUT2D eigenvalue weighted by Crippen LogP contribution is 2.45. The van der Waals surface area contributed by atoms with Gasteiger partial charge >= 0.3 is 0 Å². The molecule has 2 aliphatic rings. The van der Waals surface area contributed by atoms with Gasteiger partial charge in [-0.2, -0.15) is 0 Å². The van der Waals surface area contributed by atoms with E-state index < -0.39 is 5.54 Å². The molecule has 0 aliphatic carbocycles. The zero-order valence-electron chi connectivity index (χ0n) is 17.8. The number of carbonyl (C=O) groups excluding carboxylic acids is 2. The number of methoxy groups -OCH3 is 1. The van der Waals surface area contributed by atoms with E-state index in [0.29, 0.717) is 30.7 Å². The highest BCUT2D eigenvalue weighted by atomic mass is 16.5. The molecule has 5 rings (SSSR count). The second-order valence-corrected chi connectivity index (χ2v) is 8.53. The number of rotatable bonds is 3. The molecule has 2 fully saturated rings. The monoisotopic (exact) mass is 418 g/mol. The van der Waals surface area contributed by atoms with Gasteiger partial charge in [-0.1, -0.05) is 30.3 Å². The van der Waals surface area contributed by atoms with Gasteiger partial charge in [0.2, 0.25) is 5.91 Å². The van der Waals surface area contributed by atoms with E-state index >= 15 is 0 Å². The number of carbonyl (C=O) groups is 2. The minimum atomic E-state index is -0.459. The van der Waals surface area contributed by atoms with Crippen molar-refractivity contribution in [1.29, 1.82) is 0 Å². The summed E-state index contributed by atoms with van der Waals surface area (Å²) < 4.78 is 11.3. The van der Waals surface area contributed by atoms with E-state index in [-0.39, 0.29) is 17.9 Å². The molecule has 2 aromatic carbocycles. The average molecular weight is 418 g/mol. The third-order valence-electron chi connectivity index (χ3n) is 6.77. The molecule has 2 saturated heterocycles. The third kappa shape index (κ3) is 3.17. The van der Waals surface area contributed by atoms with Crippen LogP contribution in [0.4, 0.5) is 0 Å². The van der Waals surface area contributed by atoms with Gasteiger partial charge in [-0.05, 0) is 49.9 Å². The summed E-state index contributed by atoms with van der Waals surface area (Å²) in [6.07, 6.45) is 2.88. The van der Waals surface area contributed by atoms with Gasteiger partial charge in [0, 0.05) is 23.9 Å². The highest BCUT2D eigenvalue weighted by Gasteiger charge is 2.51. The van der Waals surface area contributed by atoms with E-state index in [1.54, 1.807) is 7.11 Å². The number of piperidine rings is 1. The molecule has 0 unspecified atom stereocenters. The Morgan fingerprint density at radius 2 is 1.94 bits per heavy atom. The van der Waals surface area contributed by atoms with Crippen molar-refractivity contribution in [2.24, 2.45) is 0 Å². The van der Waals surface area contributed by atoms with Gasteiger partial charge in [0.05, 0.1) is 18.7 Å². The number of aryl methyl sites for hydroxylation is 1. The van der Waals surface area contributed by atoms with Crippen molar-refractivity contribution in [3.05, 3.63) is 65.4 Å². The van der Waals surface area contributed by atoms with Crippen LogP contribution in [-0.4, -0.2) is 35.9 Å². The summed E-state index contributed by atoms with van der Waals surface area (Å²) in [6.45, 7) is 2.54. The Bertz CT molecular complexity index is 1150. The van der Waals surface area contributed by atoms with Crippen molar-refractivity contribution < 1.29 is 18.7 Å². The lowest BCUT2D eigenvalue weighted by molar-refractivity contribution is -0.120. The maximum Gasteiger partial charge on any atom is 0.290 e. The number of fused-ring (bicyclic) bond motifs is 1. The second-order valence-electron chi connectivity index (χ2n) is 8.53. The van der Waals surface area contributed by atoms with Crippen molar-refractivity contribution in [3.8, 4) is 5.75 Å². The number of hydrogen-bond donors (Lipinski definition) is 1. The standard InChI is InChI=1S/C25H26N2O4/c1-16-19-6-3-4-7-20(19)31-22(16)24(29)27-15-5-13-25(14-12-21(28)26-25)23(27)17-8-10-18(30-2)11-9-17/h3-4,6-11,23H,5,12-15H2,1-2H3,(H,26,28)/t23-,25+/m1/s1. The molecule has 3 aromatic rings. The minimum absolute atomic E-state index is 0.0488. The van der Waals surface area contributed by atoms with Gasteiger partial charge < -0.3 is 19.4 Å². The molecule has 1 spiro atoms. The van der Waals surface area contributed by atoms with Gasteiger partial charge in [-0.15, -0.1) is 0 Å². The van der Waals surface area contributed by atoms with Crippen LogP contribution in [0.5, 0.6) is 5.75 Å². The first-order valence-electron chi connectivity index (χ1n) is 10.8. The number of hydrogen-bond acceptors (Lipinski definition) is 4. The predicted octanol–water partition coefficient (Wildman–Crippen LogP) is 4.38. The summed E-state index contributed by atoms with van der Waals surface area (Å²) in [6, 6.07) is 15.2. The molecular weight excluding hydrogens is 392 g/mol. The van der Waals surface area contributed by atoms with Crippen LogP contribution in [0.15, 0.2) is 52.9 Å². The molecule has 31 heavy (non-hydrogen) atoms. The van der Waals surface area contributed by atoms with E-state index in [4.69, 9.17) is 9.15 Å². The Hall–Kier alpha value is -3.28. The van der Waals surface area contributed by atoms with Gasteiger partial charge in [-0.25, -0.2) is 0 Å². The second kappa shape index (κ2) is 7.45. The SMILES string of the molecule is COc1ccc([C@H]2N(C(=O)c3oc4ccccc4c3C)CCC[C@]23CCC(=O)N3)cc1. The Balaban J connectivity index is 1.59. The third-order valence-corrected chi connectivity index (χ3v) is 6.77. The molecule has 0 bridgehead atoms. The van der Waals surface area contributed by atoms with Crippen molar-refractivity contribution in [1.82, 2.24) is 10.2 Å². The maximum absolute atomic E-state index is 13.8.